The van der Waals surface area contributed by atoms with Gasteiger partial charge in [-0.15, -0.1) is 10.2 Å². The number of hydrogen-bond acceptors (Lipinski definition) is 6. The molecule has 3 N–H and O–H groups in total. The molecule has 4 aliphatic rings. The zero-order valence-electron chi connectivity index (χ0n) is 12.8. The van der Waals surface area contributed by atoms with Crippen LogP contribution >= 0.6 is 11.8 Å². The minimum atomic E-state index is -0.851. The Labute approximate surface area is 138 Å². The lowest BCUT2D eigenvalue weighted by Crippen LogP contribution is -2.48. The van der Waals surface area contributed by atoms with E-state index in [0.717, 1.165) is 54.7 Å². The zero-order valence-corrected chi connectivity index (χ0v) is 13.6. The predicted octanol–water partition coefficient (Wildman–Crippen LogP) is 1.82. The van der Waals surface area contributed by atoms with Crippen LogP contribution in [-0.4, -0.2) is 27.9 Å². The number of aromatic nitrogens is 2. The molecule has 4 aliphatic carbocycles. The lowest BCUT2D eigenvalue weighted by Gasteiger charge is -2.55. The van der Waals surface area contributed by atoms with E-state index in [-0.39, 0.29) is 11.2 Å². The van der Waals surface area contributed by atoms with E-state index < -0.39 is 11.9 Å². The van der Waals surface area contributed by atoms with Gasteiger partial charge in [-0.1, -0.05) is 11.8 Å². The number of nitrogens with two attached hydrogens (primary N) is 1. The average molecular weight is 336 g/mol. The summed E-state index contributed by atoms with van der Waals surface area (Å²) < 4.78 is 5.87. The second kappa shape index (κ2) is 5.51. The molecule has 3 amide bonds. The molecule has 124 valence electrons. The van der Waals surface area contributed by atoms with Crippen molar-refractivity contribution in [3.8, 4) is 0 Å². The number of amides is 3. The number of nitrogens with zero attached hydrogens (tertiary/aromatic N) is 2. The van der Waals surface area contributed by atoms with Gasteiger partial charge >= 0.3 is 6.03 Å². The monoisotopic (exact) mass is 336 g/mol. The number of rotatable bonds is 4. The molecular weight excluding hydrogens is 316 g/mol. The van der Waals surface area contributed by atoms with Crippen molar-refractivity contribution in [2.75, 3.05) is 5.75 Å². The first-order valence-electron chi connectivity index (χ1n) is 8.08. The number of imide groups is 1. The fourth-order valence-electron chi connectivity index (χ4n) is 5.16. The Morgan fingerprint density at radius 1 is 1.17 bits per heavy atom. The number of carbonyl (C=O) groups is 2. The van der Waals surface area contributed by atoms with Crippen LogP contribution in [0.25, 0.3) is 0 Å². The molecule has 4 bridgehead atoms. The Balaban J connectivity index is 1.44. The molecule has 0 unspecified atom stereocenters. The third-order valence-electron chi connectivity index (χ3n) is 5.49. The zero-order chi connectivity index (χ0) is 16.0. The number of hydrogen-bond donors (Lipinski definition) is 2. The Hall–Kier alpha value is -1.57. The van der Waals surface area contributed by atoms with E-state index in [2.05, 4.69) is 10.2 Å². The van der Waals surface area contributed by atoms with Gasteiger partial charge in [-0.25, -0.2) is 4.79 Å². The first-order valence-corrected chi connectivity index (χ1v) is 9.07. The molecule has 1 aromatic rings. The standard InChI is InChI=1S/C15H20N4O3S/c16-13(21)17-11(20)7-23-14-19-18-12(22-14)15-4-8-1-9(5-15)3-10(2-8)6-15/h8-10H,1-7H2,(H3,16,17,20,21). The Morgan fingerprint density at radius 3 is 2.35 bits per heavy atom. The number of thioether (sulfide) groups is 1. The summed E-state index contributed by atoms with van der Waals surface area (Å²) >= 11 is 1.14. The minimum absolute atomic E-state index is 0.0332. The van der Waals surface area contributed by atoms with Crippen molar-refractivity contribution in [3.63, 3.8) is 0 Å². The topological polar surface area (TPSA) is 111 Å². The largest absolute Gasteiger partial charge is 0.415 e. The van der Waals surface area contributed by atoms with Crippen molar-refractivity contribution in [1.29, 1.82) is 0 Å². The maximum Gasteiger partial charge on any atom is 0.318 e. The molecule has 7 nitrogen and oxygen atoms in total. The van der Waals surface area contributed by atoms with E-state index in [1.807, 2.05) is 5.32 Å². The van der Waals surface area contributed by atoms with Crippen LogP contribution in [0.1, 0.15) is 44.4 Å². The molecular formula is C15H20N4O3S. The highest BCUT2D eigenvalue weighted by molar-refractivity contribution is 7.99. The van der Waals surface area contributed by atoms with Crippen LogP contribution in [0, 0.1) is 17.8 Å². The predicted molar refractivity (Wildman–Crippen MR) is 82.6 cm³/mol. The summed E-state index contributed by atoms with van der Waals surface area (Å²) in [6.07, 6.45) is 7.57. The second-order valence-electron chi connectivity index (χ2n) is 7.27. The fraction of sp³-hybridized carbons (Fsp3) is 0.733. The SMILES string of the molecule is NC(=O)NC(=O)CSc1nnc(C23CC4CC(CC(C4)C2)C3)o1. The molecule has 8 heteroatoms. The van der Waals surface area contributed by atoms with Gasteiger partial charge in [0.05, 0.1) is 5.75 Å². The van der Waals surface area contributed by atoms with Crippen LogP contribution in [0.4, 0.5) is 4.79 Å². The normalized spacial score (nSPS) is 34.5. The maximum atomic E-state index is 11.4. The molecule has 5 rings (SSSR count). The van der Waals surface area contributed by atoms with Gasteiger partial charge in [-0.3, -0.25) is 10.1 Å². The molecule has 0 saturated heterocycles. The van der Waals surface area contributed by atoms with Gasteiger partial charge in [0.25, 0.3) is 5.22 Å². The summed E-state index contributed by atoms with van der Waals surface area (Å²) in [6, 6.07) is -0.851. The first kappa shape index (κ1) is 15.0. The number of nitrogens with one attached hydrogen (secondary N) is 1. The van der Waals surface area contributed by atoms with E-state index in [0.29, 0.717) is 5.22 Å². The van der Waals surface area contributed by atoms with Crippen LogP contribution < -0.4 is 11.1 Å². The van der Waals surface area contributed by atoms with Crippen LogP contribution in [0.3, 0.4) is 0 Å². The molecule has 4 fully saturated rings. The van der Waals surface area contributed by atoms with Crippen LogP contribution in [0.15, 0.2) is 9.64 Å². The Kier molecular flexibility index (Phi) is 3.59. The van der Waals surface area contributed by atoms with Crippen LogP contribution in [0.2, 0.25) is 0 Å². The van der Waals surface area contributed by atoms with Gasteiger partial charge in [0.1, 0.15) is 0 Å². The summed E-state index contributed by atoms with van der Waals surface area (Å²) in [5.41, 5.74) is 4.97. The molecule has 0 aromatic carbocycles. The second-order valence-corrected chi connectivity index (χ2v) is 8.20. The van der Waals surface area contributed by atoms with Crippen LogP contribution in [0.5, 0.6) is 0 Å². The van der Waals surface area contributed by atoms with E-state index >= 15 is 0 Å². The summed E-state index contributed by atoms with van der Waals surface area (Å²) in [4.78, 5) is 22.0. The summed E-state index contributed by atoms with van der Waals surface area (Å²) in [7, 11) is 0. The van der Waals surface area contributed by atoms with Gasteiger partial charge in [0.2, 0.25) is 11.8 Å². The molecule has 0 spiro atoms. The van der Waals surface area contributed by atoms with E-state index in [1.54, 1.807) is 0 Å². The van der Waals surface area contributed by atoms with Gasteiger partial charge in [0, 0.05) is 5.41 Å². The lowest BCUT2D eigenvalue weighted by atomic mass is 9.49. The van der Waals surface area contributed by atoms with Gasteiger partial charge in [-0.05, 0) is 56.3 Å². The molecule has 1 aromatic heterocycles. The van der Waals surface area contributed by atoms with Gasteiger partial charge in [0.15, 0.2) is 0 Å². The highest BCUT2D eigenvalue weighted by Crippen LogP contribution is 2.60. The summed E-state index contributed by atoms with van der Waals surface area (Å²) in [6.45, 7) is 0. The lowest BCUT2D eigenvalue weighted by molar-refractivity contribution is -0.117. The van der Waals surface area contributed by atoms with Gasteiger partial charge in [-0.2, -0.15) is 0 Å². The van der Waals surface area contributed by atoms with E-state index in [4.69, 9.17) is 10.2 Å². The number of urea groups is 1. The summed E-state index contributed by atoms with van der Waals surface area (Å²) in [5.74, 6) is 2.75. The van der Waals surface area contributed by atoms with Crippen molar-refractivity contribution in [2.24, 2.45) is 23.5 Å². The highest BCUT2D eigenvalue weighted by atomic mass is 32.2. The van der Waals surface area contributed by atoms with Crippen molar-refractivity contribution >= 4 is 23.7 Å². The minimum Gasteiger partial charge on any atom is -0.415 e. The Bertz CT molecular complexity index is 609. The average Bonchev–Trinajstić information content (AvgIpc) is 2.92. The van der Waals surface area contributed by atoms with Crippen molar-refractivity contribution < 1.29 is 14.0 Å². The Morgan fingerprint density at radius 2 is 1.78 bits per heavy atom. The third-order valence-corrected chi connectivity index (χ3v) is 6.31. The first-order chi connectivity index (χ1) is 11.0. The van der Waals surface area contributed by atoms with Crippen molar-refractivity contribution in [1.82, 2.24) is 15.5 Å². The van der Waals surface area contributed by atoms with Crippen molar-refractivity contribution in [2.45, 2.75) is 49.2 Å². The highest BCUT2D eigenvalue weighted by Gasteiger charge is 2.54. The van der Waals surface area contributed by atoms with E-state index in [9.17, 15) is 9.59 Å². The smallest absolute Gasteiger partial charge is 0.318 e. The molecule has 0 atom stereocenters. The quantitative estimate of drug-likeness (QED) is 0.811. The molecule has 23 heavy (non-hydrogen) atoms. The van der Waals surface area contributed by atoms with Gasteiger partial charge < -0.3 is 10.2 Å². The molecule has 4 saturated carbocycles. The number of primary amides is 1. The fourth-order valence-corrected chi connectivity index (χ4v) is 5.72. The van der Waals surface area contributed by atoms with Crippen molar-refractivity contribution in [3.05, 3.63) is 5.89 Å². The third kappa shape index (κ3) is 2.84. The molecule has 0 aliphatic heterocycles. The molecule has 0 radical (unpaired) electrons. The van der Waals surface area contributed by atoms with Crippen LogP contribution in [-0.2, 0) is 10.2 Å². The molecule has 1 heterocycles. The number of carbonyl (C=O) groups excluding carboxylic acids is 2. The maximum absolute atomic E-state index is 11.4. The van der Waals surface area contributed by atoms with E-state index in [1.165, 1.54) is 19.3 Å². The summed E-state index contributed by atoms with van der Waals surface area (Å²) in [5, 5.41) is 10.8.